The van der Waals surface area contributed by atoms with Crippen molar-refractivity contribution in [3.8, 4) is 0 Å². The van der Waals surface area contributed by atoms with E-state index in [0.29, 0.717) is 27.1 Å². The van der Waals surface area contributed by atoms with Crippen LogP contribution in [0, 0.1) is 5.92 Å². The molecule has 106 valence electrons. The first-order valence-electron chi connectivity index (χ1n) is 6.14. The van der Waals surface area contributed by atoms with E-state index in [9.17, 15) is 8.42 Å². The Morgan fingerprint density at radius 2 is 1.84 bits per heavy atom. The van der Waals surface area contributed by atoms with Gasteiger partial charge in [-0.15, -0.1) is 0 Å². The summed E-state index contributed by atoms with van der Waals surface area (Å²) in [4.78, 5) is 0.204. The maximum absolute atomic E-state index is 12.3. The summed E-state index contributed by atoms with van der Waals surface area (Å²) in [5.41, 5.74) is 6.17. The van der Waals surface area contributed by atoms with Crippen molar-refractivity contribution in [2.24, 2.45) is 5.92 Å². The fourth-order valence-corrected chi connectivity index (χ4v) is 5.75. The van der Waals surface area contributed by atoms with Crippen molar-refractivity contribution in [2.45, 2.75) is 30.6 Å². The highest BCUT2D eigenvalue weighted by molar-refractivity contribution is 9.11. The van der Waals surface area contributed by atoms with Crippen LogP contribution < -0.4 is 10.5 Å². The van der Waals surface area contributed by atoms with Gasteiger partial charge >= 0.3 is 0 Å². The molecular formula is C12H16Br2N2O2S. The number of hydrogen-bond acceptors (Lipinski definition) is 3. The van der Waals surface area contributed by atoms with Crippen LogP contribution in [0.15, 0.2) is 26.0 Å². The standard InChI is InChI=1S/C12H16Br2N2O2S/c13-10-6-9(15)7-11(14)12(10)19(17,18)16-5-4-8-2-1-3-8/h6-8,16H,1-5,15H2. The number of anilines is 1. The van der Waals surface area contributed by atoms with Crippen molar-refractivity contribution >= 4 is 47.6 Å². The van der Waals surface area contributed by atoms with Gasteiger partial charge in [-0.2, -0.15) is 0 Å². The third-order valence-corrected chi connectivity index (χ3v) is 6.70. The summed E-state index contributed by atoms with van der Waals surface area (Å²) in [6, 6.07) is 3.18. The maximum Gasteiger partial charge on any atom is 0.242 e. The molecule has 1 aliphatic rings. The average Bonchev–Trinajstić information content (AvgIpc) is 2.19. The molecular weight excluding hydrogens is 396 g/mol. The lowest BCUT2D eigenvalue weighted by molar-refractivity contribution is 0.297. The van der Waals surface area contributed by atoms with Crippen LogP contribution in [0.3, 0.4) is 0 Å². The van der Waals surface area contributed by atoms with E-state index in [0.717, 1.165) is 6.42 Å². The number of halogens is 2. The molecule has 1 aromatic carbocycles. The van der Waals surface area contributed by atoms with Crippen LogP contribution in [0.4, 0.5) is 5.69 Å². The van der Waals surface area contributed by atoms with Crippen LogP contribution in [0.2, 0.25) is 0 Å². The molecule has 1 aromatic rings. The van der Waals surface area contributed by atoms with E-state index in [1.807, 2.05) is 0 Å². The smallest absolute Gasteiger partial charge is 0.242 e. The van der Waals surface area contributed by atoms with Crippen molar-refractivity contribution in [3.05, 3.63) is 21.1 Å². The lowest BCUT2D eigenvalue weighted by Gasteiger charge is -2.25. The molecule has 0 amide bonds. The summed E-state index contributed by atoms with van der Waals surface area (Å²) in [6.45, 7) is 0.482. The van der Waals surface area contributed by atoms with Gasteiger partial charge in [0.1, 0.15) is 4.90 Å². The molecule has 0 unspecified atom stereocenters. The number of nitrogen functional groups attached to an aromatic ring is 1. The van der Waals surface area contributed by atoms with Gasteiger partial charge in [0.05, 0.1) is 0 Å². The average molecular weight is 412 g/mol. The molecule has 0 heterocycles. The van der Waals surface area contributed by atoms with Gasteiger partial charge in [0, 0.05) is 21.2 Å². The van der Waals surface area contributed by atoms with Crippen LogP contribution in [0.5, 0.6) is 0 Å². The van der Waals surface area contributed by atoms with E-state index in [-0.39, 0.29) is 4.90 Å². The summed E-state index contributed by atoms with van der Waals surface area (Å²) in [6.07, 6.45) is 4.61. The molecule has 0 spiro atoms. The second-order valence-electron chi connectivity index (χ2n) is 4.80. The second-order valence-corrected chi connectivity index (χ2v) is 8.21. The van der Waals surface area contributed by atoms with Gasteiger partial charge in [0.15, 0.2) is 0 Å². The topological polar surface area (TPSA) is 72.2 Å². The fourth-order valence-electron chi connectivity index (χ4n) is 2.09. The number of hydrogen-bond donors (Lipinski definition) is 2. The molecule has 0 bridgehead atoms. The molecule has 19 heavy (non-hydrogen) atoms. The van der Waals surface area contributed by atoms with Crippen LogP contribution in [-0.2, 0) is 10.0 Å². The first kappa shape index (κ1) is 15.3. The van der Waals surface area contributed by atoms with Crippen LogP contribution >= 0.6 is 31.9 Å². The van der Waals surface area contributed by atoms with Crippen molar-refractivity contribution < 1.29 is 8.42 Å². The number of sulfonamides is 1. The highest BCUT2D eigenvalue weighted by Gasteiger charge is 2.23. The molecule has 0 aromatic heterocycles. The third-order valence-electron chi connectivity index (χ3n) is 3.36. The monoisotopic (exact) mass is 410 g/mol. The lowest BCUT2D eigenvalue weighted by atomic mass is 9.83. The Balaban J connectivity index is 2.10. The molecule has 0 aliphatic heterocycles. The summed E-state index contributed by atoms with van der Waals surface area (Å²) in [5.74, 6) is 0.681. The Morgan fingerprint density at radius 1 is 1.26 bits per heavy atom. The van der Waals surface area contributed by atoms with E-state index in [1.54, 1.807) is 12.1 Å². The predicted octanol–water partition coefficient (Wildman–Crippen LogP) is 3.26. The Labute approximate surface area is 130 Å². The Morgan fingerprint density at radius 3 is 2.32 bits per heavy atom. The molecule has 0 saturated heterocycles. The van der Waals surface area contributed by atoms with E-state index < -0.39 is 10.0 Å². The molecule has 0 radical (unpaired) electrons. The van der Waals surface area contributed by atoms with Crippen LogP contribution in [-0.4, -0.2) is 15.0 Å². The number of nitrogens with two attached hydrogens (primary N) is 1. The van der Waals surface area contributed by atoms with Gasteiger partial charge < -0.3 is 5.73 Å². The van der Waals surface area contributed by atoms with E-state index >= 15 is 0 Å². The third kappa shape index (κ3) is 3.71. The van der Waals surface area contributed by atoms with E-state index in [2.05, 4.69) is 36.6 Å². The first-order valence-corrected chi connectivity index (χ1v) is 9.21. The van der Waals surface area contributed by atoms with Gasteiger partial charge in [-0.3, -0.25) is 0 Å². The molecule has 1 saturated carbocycles. The summed E-state index contributed by atoms with van der Waals surface area (Å²) < 4.78 is 28.1. The fraction of sp³-hybridized carbons (Fsp3) is 0.500. The first-order chi connectivity index (χ1) is 8.90. The predicted molar refractivity (Wildman–Crippen MR) is 83.4 cm³/mol. The van der Waals surface area contributed by atoms with E-state index in [4.69, 9.17) is 5.73 Å². The molecule has 1 aliphatic carbocycles. The van der Waals surface area contributed by atoms with Crippen LogP contribution in [0.1, 0.15) is 25.7 Å². The summed E-state index contributed by atoms with van der Waals surface area (Å²) in [7, 11) is -3.52. The largest absolute Gasteiger partial charge is 0.399 e. The van der Waals surface area contributed by atoms with Gasteiger partial charge in [0.2, 0.25) is 10.0 Å². The second kappa shape index (κ2) is 6.11. The molecule has 3 N–H and O–H groups in total. The van der Waals surface area contributed by atoms with Crippen molar-refractivity contribution in [1.82, 2.24) is 4.72 Å². The minimum atomic E-state index is -3.52. The van der Waals surface area contributed by atoms with Gasteiger partial charge in [-0.25, -0.2) is 13.1 Å². The van der Waals surface area contributed by atoms with Crippen molar-refractivity contribution in [3.63, 3.8) is 0 Å². The van der Waals surface area contributed by atoms with Crippen molar-refractivity contribution in [1.29, 1.82) is 0 Å². The zero-order valence-electron chi connectivity index (χ0n) is 10.3. The molecule has 2 rings (SSSR count). The minimum Gasteiger partial charge on any atom is -0.399 e. The summed E-state index contributed by atoms with van der Waals surface area (Å²) in [5, 5.41) is 0. The Bertz CT molecular complexity index is 548. The maximum atomic E-state index is 12.3. The van der Waals surface area contributed by atoms with Crippen molar-refractivity contribution in [2.75, 3.05) is 12.3 Å². The van der Waals surface area contributed by atoms with Gasteiger partial charge in [0.25, 0.3) is 0 Å². The van der Waals surface area contributed by atoms with Crippen LogP contribution in [0.25, 0.3) is 0 Å². The Hall–Kier alpha value is -0.110. The lowest BCUT2D eigenvalue weighted by Crippen LogP contribution is -2.28. The van der Waals surface area contributed by atoms with Gasteiger partial charge in [-0.05, 0) is 56.3 Å². The molecule has 7 heteroatoms. The zero-order valence-corrected chi connectivity index (χ0v) is 14.3. The normalized spacial score (nSPS) is 16.3. The number of benzene rings is 1. The molecule has 4 nitrogen and oxygen atoms in total. The quantitative estimate of drug-likeness (QED) is 0.730. The zero-order chi connectivity index (χ0) is 14.0. The minimum absolute atomic E-state index is 0.204. The van der Waals surface area contributed by atoms with E-state index in [1.165, 1.54) is 19.3 Å². The summed E-state index contributed by atoms with van der Waals surface area (Å²) >= 11 is 6.50. The molecule has 1 fully saturated rings. The Kier molecular flexibility index (Phi) is 4.92. The highest BCUT2D eigenvalue weighted by Crippen LogP contribution is 2.33. The van der Waals surface area contributed by atoms with Gasteiger partial charge in [-0.1, -0.05) is 19.3 Å². The molecule has 0 atom stereocenters. The highest BCUT2D eigenvalue weighted by atomic mass is 79.9. The number of rotatable bonds is 5. The number of nitrogens with one attached hydrogen (secondary N) is 1. The SMILES string of the molecule is Nc1cc(Br)c(S(=O)(=O)NCCC2CCC2)c(Br)c1.